The number of benzene rings is 2. The first-order valence-electron chi connectivity index (χ1n) is 6.65. The number of hydrogen-bond donors (Lipinski definition) is 0. The molecule has 1 aliphatic heterocycles. The highest BCUT2D eigenvalue weighted by Crippen LogP contribution is 2.42. The van der Waals surface area contributed by atoms with E-state index in [4.69, 9.17) is 11.6 Å². The fourth-order valence-corrected chi connectivity index (χ4v) is 3.92. The maximum Gasteiger partial charge on any atom is 0.234 e. The standard InChI is InChI=1S/C16H12ClF2NOS/c17-13-4-2-1-3-12(13)16-20(15(21)9-22-16)8-10-5-6-11(18)7-14(10)19/h1-7,16H,8-9H2. The molecule has 0 aliphatic carbocycles. The monoisotopic (exact) mass is 339 g/mol. The summed E-state index contributed by atoms with van der Waals surface area (Å²) in [5.41, 5.74) is 1.11. The molecular formula is C16H12ClF2NOS. The van der Waals surface area contributed by atoms with Gasteiger partial charge in [0.05, 0.1) is 5.75 Å². The zero-order valence-electron chi connectivity index (χ0n) is 11.4. The maximum atomic E-state index is 13.8. The third-order valence-corrected chi connectivity index (χ3v) is 5.08. The van der Waals surface area contributed by atoms with Crippen LogP contribution in [0.4, 0.5) is 8.78 Å². The Morgan fingerprint density at radius 1 is 1.23 bits per heavy atom. The van der Waals surface area contributed by atoms with Gasteiger partial charge in [-0.2, -0.15) is 0 Å². The number of carbonyl (C=O) groups excluding carboxylic acids is 1. The molecule has 0 spiro atoms. The molecule has 1 amide bonds. The van der Waals surface area contributed by atoms with Gasteiger partial charge >= 0.3 is 0 Å². The van der Waals surface area contributed by atoms with E-state index in [-0.39, 0.29) is 23.4 Å². The van der Waals surface area contributed by atoms with Crippen LogP contribution in [0.25, 0.3) is 0 Å². The van der Waals surface area contributed by atoms with Crippen LogP contribution < -0.4 is 0 Å². The van der Waals surface area contributed by atoms with Crippen LogP contribution in [0, 0.1) is 11.6 Å². The molecule has 2 nitrogen and oxygen atoms in total. The van der Waals surface area contributed by atoms with E-state index in [9.17, 15) is 13.6 Å². The lowest BCUT2D eigenvalue weighted by molar-refractivity contribution is -0.128. The molecule has 0 saturated carbocycles. The zero-order valence-corrected chi connectivity index (χ0v) is 13.0. The van der Waals surface area contributed by atoms with E-state index < -0.39 is 11.6 Å². The van der Waals surface area contributed by atoms with Gasteiger partial charge in [0.25, 0.3) is 0 Å². The van der Waals surface area contributed by atoms with Gasteiger partial charge in [0.15, 0.2) is 0 Å². The quantitative estimate of drug-likeness (QED) is 0.826. The van der Waals surface area contributed by atoms with Crippen LogP contribution in [0.1, 0.15) is 16.5 Å². The number of halogens is 3. The second-order valence-corrected chi connectivity index (χ2v) is 6.42. The van der Waals surface area contributed by atoms with E-state index in [1.807, 2.05) is 18.2 Å². The highest BCUT2D eigenvalue weighted by Gasteiger charge is 2.34. The highest BCUT2D eigenvalue weighted by atomic mass is 35.5. The summed E-state index contributed by atoms with van der Waals surface area (Å²) in [6.45, 7) is 0.0911. The Morgan fingerprint density at radius 3 is 2.73 bits per heavy atom. The summed E-state index contributed by atoms with van der Waals surface area (Å²) in [7, 11) is 0. The van der Waals surface area contributed by atoms with E-state index in [1.54, 1.807) is 11.0 Å². The molecule has 0 aromatic heterocycles. The Bertz CT molecular complexity index is 725. The lowest BCUT2D eigenvalue weighted by atomic mass is 10.1. The van der Waals surface area contributed by atoms with Gasteiger partial charge in [-0.25, -0.2) is 8.78 Å². The van der Waals surface area contributed by atoms with Gasteiger partial charge < -0.3 is 4.90 Å². The Balaban J connectivity index is 1.90. The van der Waals surface area contributed by atoms with Crippen molar-refractivity contribution in [1.29, 1.82) is 0 Å². The van der Waals surface area contributed by atoms with Gasteiger partial charge in [-0.05, 0) is 12.1 Å². The molecule has 2 aromatic carbocycles. The highest BCUT2D eigenvalue weighted by molar-refractivity contribution is 8.00. The molecule has 1 atom stereocenters. The fraction of sp³-hybridized carbons (Fsp3) is 0.188. The molecule has 0 N–H and O–H groups in total. The molecule has 1 unspecified atom stereocenters. The van der Waals surface area contributed by atoms with Crippen LogP contribution in [0.2, 0.25) is 5.02 Å². The van der Waals surface area contributed by atoms with Gasteiger partial charge in [-0.15, -0.1) is 11.8 Å². The lowest BCUT2D eigenvalue weighted by Gasteiger charge is -2.25. The normalized spacial score (nSPS) is 18.0. The Morgan fingerprint density at radius 2 is 2.00 bits per heavy atom. The smallest absolute Gasteiger partial charge is 0.234 e. The predicted octanol–water partition coefficient (Wildman–Crippen LogP) is 4.39. The molecular weight excluding hydrogens is 328 g/mol. The van der Waals surface area contributed by atoms with E-state index in [0.717, 1.165) is 11.6 Å². The number of hydrogen-bond acceptors (Lipinski definition) is 2. The Hall–Kier alpha value is -1.59. The topological polar surface area (TPSA) is 20.3 Å². The van der Waals surface area contributed by atoms with Crippen LogP contribution in [0.3, 0.4) is 0 Å². The van der Waals surface area contributed by atoms with Crippen molar-refractivity contribution in [3.8, 4) is 0 Å². The summed E-state index contributed by atoms with van der Waals surface area (Å²) in [5.74, 6) is -1.05. The molecule has 3 rings (SSSR count). The third-order valence-electron chi connectivity index (χ3n) is 3.50. The molecule has 1 aliphatic rings. The van der Waals surface area contributed by atoms with Crippen molar-refractivity contribution in [2.45, 2.75) is 11.9 Å². The molecule has 0 radical (unpaired) electrons. The molecule has 1 heterocycles. The van der Waals surface area contributed by atoms with Crippen molar-refractivity contribution in [3.05, 3.63) is 70.2 Å². The van der Waals surface area contributed by atoms with Gasteiger partial charge in [0.2, 0.25) is 5.91 Å². The van der Waals surface area contributed by atoms with Crippen molar-refractivity contribution in [2.24, 2.45) is 0 Å². The molecule has 1 saturated heterocycles. The van der Waals surface area contributed by atoms with Crippen LogP contribution in [0.15, 0.2) is 42.5 Å². The van der Waals surface area contributed by atoms with Crippen molar-refractivity contribution < 1.29 is 13.6 Å². The van der Waals surface area contributed by atoms with E-state index in [2.05, 4.69) is 0 Å². The van der Waals surface area contributed by atoms with Crippen molar-refractivity contribution in [3.63, 3.8) is 0 Å². The predicted molar refractivity (Wildman–Crippen MR) is 83.6 cm³/mol. The average molecular weight is 340 g/mol. The lowest BCUT2D eigenvalue weighted by Crippen LogP contribution is -2.28. The first kappa shape index (κ1) is 15.3. The van der Waals surface area contributed by atoms with Gasteiger partial charge in [-0.3, -0.25) is 4.79 Å². The van der Waals surface area contributed by atoms with Crippen molar-refractivity contribution in [2.75, 3.05) is 5.75 Å². The fourth-order valence-electron chi connectivity index (χ4n) is 2.39. The minimum Gasteiger partial charge on any atom is -0.321 e. The van der Waals surface area contributed by atoms with Gasteiger partial charge in [-0.1, -0.05) is 35.9 Å². The SMILES string of the molecule is O=C1CSC(c2ccccc2Cl)N1Cc1ccc(F)cc1F. The van der Waals surface area contributed by atoms with Crippen LogP contribution in [-0.2, 0) is 11.3 Å². The molecule has 114 valence electrons. The van der Waals surface area contributed by atoms with Crippen molar-refractivity contribution >= 4 is 29.3 Å². The number of nitrogens with zero attached hydrogens (tertiary/aromatic N) is 1. The summed E-state index contributed by atoms with van der Waals surface area (Å²) in [4.78, 5) is 13.7. The van der Waals surface area contributed by atoms with Gasteiger partial charge in [0.1, 0.15) is 17.0 Å². The summed E-state index contributed by atoms with van der Waals surface area (Å²) in [5, 5.41) is 0.310. The van der Waals surface area contributed by atoms with Crippen LogP contribution in [-0.4, -0.2) is 16.6 Å². The minimum absolute atomic E-state index is 0.0846. The largest absolute Gasteiger partial charge is 0.321 e. The second-order valence-electron chi connectivity index (χ2n) is 4.94. The number of rotatable bonds is 3. The summed E-state index contributed by atoms with van der Waals surface area (Å²) >= 11 is 7.65. The summed E-state index contributed by atoms with van der Waals surface area (Å²) < 4.78 is 26.8. The first-order chi connectivity index (χ1) is 10.6. The molecule has 2 aromatic rings. The third kappa shape index (κ3) is 2.96. The molecule has 6 heteroatoms. The van der Waals surface area contributed by atoms with E-state index >= 15 is 0 Å². The first-order valence-corrected chi connectivity index (χ1v) is 8.08. The van der Waals surface area contributed by atoms with E-state index in [1.165, 1.54) is 23.9 Å². The number of thioether (sulfide) groups is 1. The zero-order chi connectivity index (χ0) is 15.7. The van der Waals surface area contributed by atoms with Gasteiger partial charge in [0, 0.05) is 28.8 Å². The molecule has 0 bridgehead atoms. The van der Waals surface area contributed by atoms with Crippen LogP contribution in [0.5, 0.6) is 0 Å². The van der Waals surface area contributed by atoms with E-state index in [0.29, 0.717) is 10.8 Å². The summed E-state index contributed by atoms with van der Waals surface area (Å²) in [6.07, 6.45) is 0. The summed E-state index contributed by atoms with van der Waals surface area (Å²) in [6, 6.07) is 10.7. The Kier molecular flexibility index (Phi) is 4.36. The molecule has 22 heavy (non-hydrogen) atoms. The minimum atomic E-state index is -0.650. The van der Waals surface area contributed by atoms with Crippen molar-refractivity contribution in [1.82, 2.24) is 4.90 Å². The number of amides is 1. The average Bonchev–Trinajstić information content (AvgIpc) is 2.84. The Labute approximate surface area is 136 Å². The molecule has 1 fully saturated rings. The second kappa shape index (κ2) is 6.26. The van der Waals surface area contributed by atoms with Crippen LogP contribution >= 0.6 is 23.4 Å². The number of carbonyl (C=O) groups is 1. The maximum absolute atomic E-state index is 13.8.